The first kappa shape index (κ1) is 19.4. The number of hydrogen-bond acceptors (Lipinski definition) is 4. The van der Waals surface area contributed by atoms with Crippen LogP contribution in [0, 0.1) is 12.8 Å². The van der Waals surface area contributed by atoms with Gasteiger partial charge in [-0.25, -0.2) is 0 Å². The second kappa shape index (κ2) is 8.60. The maximum atomic E-state index is 12.9. The third-order valence-corrected chi connectivity index (χ3v) is 6.37. The standard InChI is InChI=1S/C22H32N4O2/c1-17-5-6-19(15-23-17)21(27)25-12-9-20(16-25)26(22(28)18-7-8-18)14-13-24-10-3-2-4-11-24/h5-6,15,18,20H,2-4,7-14,16H2,1H3. The number of carbonyl (C=O) groups is 2. The van der Waals surface area contributed by atoms with Gasteiger partial charge in [-0.15, -0.1) is 0 Å². The van der Waals surface area contributed by atoms with Gasteiger partial charge in [0.2, 0.25) is 5.91 Å². The van der Waals surface area contributed by atoms with Crippen molar-refractivity contribution in [3.63, 3.8) is 0 Å². The molecule has 0 N–H and O–H groups in total. The van der Waals surface area contributed by atoms with E-state index >= 15 is 0 Å². The molecule has 3 heterocycles. The highest BCUT2D eigenvalue weighted by molar-refractivity contribution is 5.94. The first-order valence-electron chi connectivity index (χ1n) is 10.9. The van der Waals surface area contributed by atoms with Crippen molar-refractivity contribution in [1.82, 2.24) is 19.7 Å². The molecule has 1 saturated carbocycles. The van der Waals surface area contributed by atoms with E-state index in [-0.39, 0.29) is 17.9 Å². The van der Waals surface area contributed by atoms with Gasteiger partial charge in [0.25, 0.3) is 5.91 Å². The van der Waals surface area contributed by atoms with Gasteiger partial charge < -0.3 is 14.7 Å². The Bertz CT molecular complexity index is 695. The first-order valence-corrected chi connectivity index (χ1v) is 10.9. The van der Waals surface area contributed by atoms with Gasteiger partial charge in [-0.05, 0) is 64.3 Å². The molecule has 3 aliphatic rings. The average Bonchev–Trinajstić information content (AvgIpc) is 3.47. The summed E-state index contributed by atoms with van der Waals surface area (Å²) in [5, 5.41) is 0. The molecule has 2 amide bonds. The van der Waals surface area contributed by atoms with Crippen molar-refractivity contribution in [2.24, 2.45) is 5.92 Å². The number of hydrogen-bond donors (Lipinski definition) is 0. The topological polar surface area (TPSA) is 56.8 Å². The molecule has 1 aromatic rings. The Kier molecular flexibility index (Phi) is 5.95. The summed E-state index contributed by atoms with van der Waals surface area (Å²) in [4.78, 5) is 36.5. The zero-order valence-electron chi connectivity index (χ0n) is 17.0. The largest absolute Gasteiger partial charge is 0.336 e. The summed E-state index contributed by atoms with van der Waals surface area (Å²) >= 11 is 0. The van der Waals surface area contributed by atoms with Crippen LogP contribution in [0.5, 0.6) is 0 Å². The van der Waals surface area contributed by atoms with E-state index in [0.717, 1.165) is 57.7 Å². The molecule has 0 radical (unpaired) electrons. The molecule has 0 spiro atoms. The molecule has 1 unspecified atom stereocenters. The second-order valence-electron chi connectivity index (χ2n) is 8.59. The van der Waals surface area contributed by atoms with Crippen LogP contribution in [0.3, 0.4) is 0 Å². The van der Waals surface area contributed by atoms with Gasteiger partial charge in [-0.2, -0.15) is 0 Å². The fraction of sp³-hybridized carbons (Fsp3) is 0.682. The minimum Gasteiger partial charge on any atom is -0.336 e. The van der Waals surface area contributed by atoms with Gasteiger partial charge in [0, 0.05) is 44.0 Å². The van der Waals surface area contributed by atoms with Crippen LogP contribution in [0.15, 0.2) is 18.3 Å². The number of rotatable bonds is 6. The van der Waals surface area contributed by atoms with Crippen LogP contribution in [-0.2, 0) is 4.79 Å². The lowest BCUT2D eigenvalue weighted by Gasteiger charge is -2.33. The molecule has 152 valence electrons. The summed E-state index contributed by atoms with van der Waals surface area (Å²) < 4.78 is 0. The van der Waals surface area contributed by atoms with Gasteiger partial charge in [0.05, 0.1) is 11.6 Å². The maximum absolute atomic E-state index is 12.9. The average molecular weight is 385 g/mol. The van der Waals surface area contributed by atoms with Gasteiger partial charge >= 0.3 is 0 Å². The third kappa shape index (κ3) is 4.54. The number of aryl methyl sites for hydroxylation is 1. The minimum atomic E-state index is 0.0323. The van der Waals surface area contributed by atoms with Crippen LogP contribution >= 0.6 is 0 Å². The summed E-state index contributed by atoms with van der Waals surface area (Å²) in [6, 6.07) is 3.88. The fourth-order valence-corrected chi connectivity index (χ4v) is 4.43. The van der Waals surface area contributed by atoms with Crippen LogP contribution in [-0.4, -0.2) is 76.8 Å². The number of carbonyl (C=O) groups excluding carboxylic acids is 2. The molecule has 0 aromatic carbocycles. The van der Waals surface area contributed by atoms with E-state index < -0.39 is 0 Å². The molecule has 3 fully saturated rings. The Morgan fingerprint density at radius 2 is 1.89 bits per heavy atom. The smallest absolute Gasteiger partial charge is 0.255 e. The molecular formula is C22H32N4O2. The summed E-state index contributed by atoms with van der Waals surface area (Å²) in [5.41, 5.74) is 1.55. The van der Waals surface area contributed by atoms with Gasteiger partial charge in [-0.3, -0.25) is 14.6 Å². The highest BCUT2D eigenvalue weighted by Gasteiger charge is 2.39. The molecule has 2 saturated heterocycles. The lowest BCUT2D eigenvalue weighted by molar-refractivity contribution is -0.135. The molecule has 0 bridgehead atoms. The van der Waals surface area contributed by atoms with Crippen molar-refractivity contribution in [2.45, 2.75) is 51.5 Å². The lowest BCUT2D eigenvalue weighted by Crippen LogP contribution is -2.47. The summed E-state index contributed by atoms with van der Waals surface area (Å²) in [5.74, 6) is 0.575. The first-order chi connectivity index (χ1) is 13.6. The van der Waals surface area contributed by atoms with Crippen LogP contribution in [0.1, 0.15) is 54.6 Å². The Balaban J connectivity index is 1.38. The zero-order valence-corrected chi connectivity index (χ0v) is 17.0. The van der Waals surface area contributed by atoms with E-state index in [0.29, 0.717) is 18.0 Å². The van der Waals surface area contributed by atoms with Crippen molar-refractivity contribution in [2.75, 3.05) is 39.3 Å². The predicted molar refractivity (Wildman–Crippen MR) is 108 cm³/mol. The van der Waals surface area contributed by atoms with Crippen LogP contribution in [0.2, 0.25) is 0 Å². The molecule has 4 rings (SSSR count). The normalized spacial score (nSPS) is 23.0. The lowest BCUT2D eigenvalue weighted by atomic mass is 10.1. The Labute approximate surface area is 167 Å². The van der Waals surface area contributed by atoms with Crippen LogP contribution in [0.25, 0.3) is 0 Å². The number of amides is 2. The van der Waals surface area contributed by atoms with Gasteiger partial charge in [0.1, 0.15) is 0 Å². The SMILES string of the molecule is Cc1ccc(C(=O)N2CCC(N(CCN3CCCCC3)C(=O)C3CC3)C2)cn1. The van der Waals surface area contributed by atoms with E-state index in [1.165, 1.54) is 19.3 Å². The number of aromatic nitrogens is 1. The second-order valence-corrected chi connectivity index (χ2v) is 8.59. The highest BCUT2D eigenvalue weighted by atomic mass is 16.2. The van der Waals surface area contributed by atoms with Gasteiger partial charge in [0.15, 0.2) is 0 Å². The molecule has 6 nitrogen and oxygen atoms in total. The molecule has 1 aliphatic carbocycles. The van der Waals surface area contributed by atoms with Crippen molar-refractivity contribution in [1.29, 1.82) is 0 Å². The number of likely N-dealkylation sites (tertiary alicyclic amines) is 2. The molecule has 1 atom stereocenters. The summed E-state index contributed by atoms with van der Waals surface area (Å²) in [7, 11) is 0. The van der Waals surface area contributed by atoms with Crippen LogP contribution < -0.4 is 0 Å². The van der Waals surface area contributed by atoms with Crippen molar-refractivity contribution < 1.29 is 9.59 Å². The molecule has 6 heteroatoms. The quantitative estimate of drug-likeness (QED) is 0.755. The van der Waals surface area contributed by atoms with Gasteiger partial charge in [-0.1, -0.05) is 6.42 Å². The van der Waals surface area contributed by atoms with Crippen molar-refractivity contribution in [3.8, 4) is 0 Å². The molecular weight excluding hydrogens is 352 g/mol. The Hall–Kier alpha value is -1.95. The third-order valence-electron chi connectivity index (χ3n) is 6.37. The number of pyridine rings is 1. The Morgan fingerprint density at radius 1 is 1.11 bits per heavy atom. The predicted octanol–water partition coefficient (Wildman–Crippen LogP) is 2.33. The van der Waals surface area contributed by atoms with E-state index in [2.05, 4.69) is 14.8 Å². The number of nitrogens with zero attached hydrogens (tertiary/aromatic N) is 4. The summed E-state index contributed by atoms with van der Waals surface area (Å²) in [6.45, 7) is 7.35. The Morgan fingerprint density at radius 3 is 2.57 bits per heavy atom. The minimum absolute atomic E-state index is 0.0323. The van der Waals surface area contributed by atoms with E-state index in [1.807, 2.05) is 24.0 Å². The fourth-order valence-electron chi connectivity index (χ4n) is 4.43. The highest BCUT2D eigenvalue weighted by Crippen LogP contribution is 2.33. The van der Waals surface area contributed by atoms with E-state index in [1.54, 1.807) is 6.20 Å². The maximum Gasteiger partial charge on any atom is 0.255 e. The number of piperidine rings is 1. The van der Waals surface area contributed by atoms with E-state index in [4.69, 9.17) is 0 Å². The van der Waals surface area contributed by atoms with E-state index in [9.17, 15) is 9.59 Å². The molecule has 2 aliphatic heterocycles. The van der Waals surface area contributed by atoms with Crippen molar-refractivity contribution in [3.05, 3.63) is 29.6 Å². The molecule has 28 heavy (non-hydrogen) atoms. The van der Waals surface area contributed by atoms with Crippen LogP contribution in [0.4, 0.5) is 0 Å². The monoisotopic (exact) mass is 384 g/mol. The summed E-state index contributed by atoms with van der Waals surface area (Å²) in [6.07, 6.45) is 8.47. The van der Waals surface area contributed by atoms with Crippen molar-refractivity contribution >= 4 is 11.8 Å². The molecule has 1 aromatic heterocycles. The zero-order chi connectivity index (χ0) is 19.5.